The highest BCUT2D eigenvalue weighted by molar-refractivity contribution is 5.85. The fourth-order valence-corrected chi connectivity index (χ4v) is 2.50. The zero-order chi connectivity index (χ0) is 13.0. The van der Waals surface area contributed by atoms with Gasteiger partial charge in [-0.2, -0.15) is 0 Å². The maximum atomic E-state index is 12.2. The van der Waals surface area contributed by atoms with Crippen LogP contribution in [0.2, 0.25) is 0 Å². The average molecular weight is 293 g/mol. The van der Waals surface area contributed by atoms with Gasteiger partial charge in [-0.05, 0) is 26.7 Å². The summed E-state index contributed by atoms with van der Waals surface area (Å²) in [6, 6.07) is 0.250. The van der Waals surface area contributed by atoms with Crippen molar-refractivity contribution in [2.45, 2.75) is 44.9 Å². The van der Waals surface area contributed by atoms with Gasteiger partial charge in [0, 0.05) is 32.3 Å². The van der Waals surface area contributed by atoms with Crippen molar-refractivity contribution < 1.29 is 14.3 Å². The number of ether oxygens (including phenoxy) is 2. The Bertz CT molecular complexity index is 285. The van der Waals surface area contributed by atoms with Crippen molar-refractivity contribution in [3.05, 3.63) is 0 Å². The molecule has 5 nitrogen and oxygen atoms in total. The number of nitrogens with zero attached hydrogens (tertiary/aromatic N) is 1. The Hall–Kier alpha value is -0.360. The molecule has 0 bridgehead atoms. The molecule has 2 saturated heterocycles. The molecular weight excluding hydrogens is 268 g/mol. The molecule has 112 valence electrons. The van der Waals surface area contributed by atoms with E-state index in [-0.39, 0.29) is 36.6 Å². The Morgan fingerprint density at radius 1 is 1.58 bits per heavy atom. The lowest BCUT2D eigenvalue weighted by Crippen LogP contribution is -2.55. The molecule has 2 rings (SSSR count). The number of nitrogens with one attached hydrogen (secondary N) is 1. The van der Waals surface area contributed by atoms with Gasteiger partial charge in [0.2, 0.25) is 0 Å². The highest BCUT2D eigenvalue weighted by Gasteiger charge is 2.28. The van der Waals surface area contributed by atoms with Crippen LogP contribution in [0.1, 0.15) is 26.7 Å². The van der Waals surface area contributed by atoms with Crippen LogP contribution in [0, 0.1) is 0 Å². The Labute approximate surface area is 121 Å². The van der Waals surface area contributed by atoms with Crippen LogP contribution in [0.25, 0.3) is 0 Å². The number of carbonyl (C=O) groups is 1. The first-order valence-corrected chi connectivity index (χ1v) is 6.93. The molecule has 3 unspecified atom stereocenters. The topological polar surface area (TPSA) is 50.8 Å². The summed E-state index contributed by atoms with van der Waals surface area (Å²) in [6.45, 7) is 7.77. The van der Waals surface area contributed by atoms with E-state index in [0.717, 1.165) is 39.1 Å². The van der Waals surface area contributed by atoms with Crippen molar-refractivity contribution in [1.29, 1.82) is 0 Å². The molecule has 2 heterocycles. The summed E-state index contributed by atoms with van der Waals surface area (Å²) >= 11 is 0. The van der Waals surface area contributed by atoms with Crippen LogP contribution in [0.15, 0.2) is 0 Å². The van der Waals surface area contributed by atoms with E-state index in [2.05, 4.69) is 12.2 Å². The first kappa shape index (κ1) is 16.7. The van der Waals surface area contributed by atoms with E-state index < -0.39 is 0 Å². The van der Waals surface area contributed by atoms with Crippen LogP contribution < -0.4 is 5.32 Å². The van der Waals surface area contributed by atoms with E-state index in [1.54, 1.807) is 0 Å². The molecule has 6 heteroatoms. The summed E-state index contributed by atoms with van der Waals surface area (Å²) in [5.74, 6) is 0.0991. The monoisotopic (exact) mass is 292 g/mol. The third kappa shape index (κ3) is 4.60. The summed E-state index contributed by atoms with van der Waals surface area (Å²) in [6.07, 6.45) is 1.96. The number of amides is 1. The minimum atomic E-state index is -0.366. The molecule has 2 aliphatic rings. The molecule has 2 aliphatic heterocycles. The Balaban J connectivity index is 0.00000180. The second-order valence-electron chi connectivity index (χ2n) is 5.20. The number of carbonyl (C=O) groups excluding carboxylic acids is 1. The molecule has 1 amide bonds. The van der Waals surface area contributed by atoms with Crippen LogP contribution in [0.5, 0.6) is 0 Å². The summed E-state index contributed by atoms with van der Waals surface area (Å²) in [7, 11) is 0. The SMILES string of the molecule is CC(OCC1CCCO1)C(=O)N1CCNCC1C.Cl. The number of halogens is 1. The van der Waals surface area contributed by atoms with Gasteiger partial charge in [-0.25, -0.2) is 0 Å². The minimum absolute atomic E-state index is 0. The first-order chi connectivity index (χ1) is 8.68. The maximum Gasteiger partial charge on any atom is 0.251 e. The summed E-state index contributed by atoms with van der Waals surface area (Å²) in [5, 5.41) is 3.28. The molecule has 0 saturated carbocycles. The smallest absolute Gasteiger partial charge is 0.251 e. The highest BCUT2D eigenvalue weighted by atomic mass is 35.5. The zero-order valence-corrected chi connectivity index (χ0v) is 12.6. The van der Waals surface area contributed by atoms with Crippen LogP contribution >= 0.6 is 12.4 Å². The van der Waals surface area contributed by atoms with E-state index in [1.807, 2.05) is 11.8 Å². The molecule has 0 aromatic heterocycles. The third-order valence-corrected chi connectivity index (χ3v) is 3.69. The lowest BCUT2D eigenvalue weighted by atomic mass is 10.2. The fourth-order valence-electron chi connectivity index (χ4n) is 2.50. The van der Waals surface area contributed by atoms with Gasteiger partial charge in [0.1, 0.15) is 6.10 Å². The van der Waals surface area contributed by atoms with E-state index in [4.69, 9.17) is 9.47 Å². The standard InChI is InChI=1S/C13H24N2O3.ClH/c1-10-8-14-5-6-15(10)13(16)11(2)18-9-12-4-3-7-17-12;/h10-12,14H,3-9H2,1-2H3;1H. The molecule has 19 heavy (non-hydrogen) atoms. The molecular formula is C13H25ClN2O3. The van der Waals surface area contributed by atoms with Gasteiger partial charge in [-0.1, -0.05) is 0 Å². The second kappa shape index (κ2) is 8.04. The Morgan fingerprint density at radius 3 is 3.00 bits per heavy atom. The number of rotatable bonds is 4. The fraction of sp³-hybridized carbons (Fsp3) is 0.923. The highest BCUT2D eigenvalue weighted by Crippen LogP contribution is 2.14. The van der Waals surface area contributed by atoms with E-state index in [0.29, 0.717) is 6.61 Å². The normalized spacial score (nSPS) is 28.8. The lowest BCUT2D eigenvalue weighted by molar-refractivity contribution is -0.147. The lowest BCUT2D eigenvalue weighted by Gasteiger charge is -2.35. The third-order valence-electron chi connectivity index (χ3n) is 3.69. The molecule has 0 aromatic carbocycles. The number of piperazine rings is 1. The van der Waals surface area contributed by atoms with Crippen molar-refractivity contribution in [2.75, 3.05) is 32.8 Å². The molecule has 2 fully saturated rings. The van der Waals surface area contributed by atoms with Crippen LogP contribution in [0.4, 0.5) is 0 Å². The molecule has 1 N–H and O–H groups in total. The van der Waals surface area contributed by atoms with Gasteiger partial charge in [0.15, 0.2) is 0 Å². The van der Waals surface area contributed by atoms with Crippen molar-refractivity contribution in [3.63, 3.8) is 0 Å². The van der Waals surface area contributed by atoms with Gasteiger partial charge in [-0.3, -0.25) is 4.79 Å². The first-order valence-electron chi connectivity index (χ1n) is 6.93. The molecule has 3 atom stereocenters. The van der Waals surface area contributed by atoms with Gasteiger partial charge >= 0.3 is 0 Å². The quantitative estimate of drug-likeness (QED) is 0.833. The largest absolute Gasteiger partial charge is 0.376 e. The second-order valence-corrected chi connectivity index (χ2v) is 5.20. The van der Waals surface area contributed by atoms with Crippen LogP contribution in [-0.4, -0.2) is 61.9 Å². The zero-order valence-electron chi connectivity index (χ0n) is 11.8. The Kier molecular flexibility index (Phi) is 7.07. The van der Waals surface area contributed by atoms with Crippen molar-refractivity contribution >= 4 is 18.3 Å². The van der Waals surface area contributed by atoms with Crippen molar-refractivity contribution in [2.24, 2.45) is 0 Å². The van der Waals surface area contributed by atoms with Gasteiger partial charge in [-0.15, -0.1) is 12.4 Å². The van der Waals surface area contributed by atoms with E-state index in [9.17, 15) is 4.79 Å². The molecule has 0 aromatic rings. The number of hydrogen-bond donors (Lipinski definition) is 1. The predicted molar refractivity (Wildman–Crippen MR) is 75.7 cm³/mol. The minimum Gasteiger partial charge on any atom is -0.376 e. The summed E-state index contributed by atoms with van der Waals surface area (Å²) < 4.78 is 11.1. The van der Waals surface area contributed by atoms with Crippen molar-refractivity contribution in [3.8, 4) is 0 Å². The molecule has 0 spiro atoms. The van der Waals surface area contributed by atoms with Crippen LogP contribution in [0.3, 0.4) is 0 Å². The molecule has 0 radical (unpaired) electrons. The van der Waals surface area contributed by atoms with E-state index >= 15 is 0 Å². The molecule has 0 aliphatic carbocycles. The predicted octanol–water partition coefficient (Wildman–Crippen LogP) is 0.813. The summed E-state index contributed by atoms with van der Waals surface area (Å²) in [4.78, 5) is 14.2. The van der Waals surface area contributed by atoms with Gasteiger partial charge in [0.25, 0.3) is 5.91 Å². The van der Waals surface area contributed by atoms with Gasteiger partial charge < -0.3 is 19.7 Å². The van der Waals surface area contributed by atoms with Crippen LogP contribution in [-0.2, 0) is 14.3 Å². The average Bonchev–Trinajstić information content (AvgIpc) is 2.89. The van der Waals surface area contributed by atoms with Gasteiger partial charge in [0.05, 0.1) is 12.7 Å². The number of hydrogen-bond acceptors (Lipinski definition) is 4. The summed E-state index contributed by atoms with van der Waals surface area (Å²) in [5.41, 5.74) is 0. The maximum absolute atomic E-state index is 12.2. The Morgan fingerprint density at radius 2 is 2.37 bits per heavy atom. The van der Waals surface area contributed by atoms with E-state index in [1.165, 1.54) is 0 Å². The van der Waals surface area contributed by atoms with Crippen molar-refractivity contribution in [1.82, 2.24) is 10.2 Å².